The minimum absolute atomic E-state index is 0.0158. The Labute approximate surface area is 173 Å². The monoisotopic (exact) mass is 410 g/mol. The molecular formula is C23H42O4Si. The van der Waals surface area contributed by atoms with Crippen LogP contribution >= 0.6 is 0 Å². The van der Waals surface area contributed by atoms with Gasteiger partial charge in [0, 0.05) is 5.41 Å². The third kappa shape index (κ3) is 2.86. The summed E-state index contributed by atoms with van der Waals surface area (Å²) in [6, 6.07) is 0. The van der Waals surface area contributed by atoms with Crippen LogP contribution in [-0.4, -0.2) is 39.2 Å². The largest absolute Gasteiger partial charge is 0.466 e. The van der Waals surface area contributed by atoms with E-state index in [2.05, 4.69) is 61.6 Å². The smallest absolute Gasteiger partial charge is 0.312 e. The number of esters is 1. The second-order valence-electron chi connectivity index (χ2n) is 12.1. The topological polar surface area (TPSA) is 48.1 Å². The van der Waals surface area contributed by atoms with Crippen LogP contribution in [0, 0.1) is 22.2 Å². The van der Waals surface area contributed by atoms with E-state index in [4.69, 9.17) is 13.9 Å². The Morgan fingerprint density at radius 2 is 1.75 bits per heavy atom. The third-order valence-corrected chi connectivity index (χ3v) is 13.9. The maximum absolute atomic E-state index is 13.2. The molecule has 3 rings (SSSR count). The first-order valence-electron chi connectivity index (χ1n) is 11.1. The molecule has 5 atom stereocenters. The molecule has 2 saturated carbocycles. The van der Waals surface area contributed by atoms with Crippen LogP contribution in [0.2, 0.25) is 18.1 Å². The molecule has 0 aromatic carbocycles. The van der Waals surface area contributed by atoms with E-state index in [1.165, 1.54) is 0 Å². The Morgan fingerprint density at radius 1 is 1.18 bits per heavy atom. The highest BCUT2D eigenvalue weighted by Gasteiger charge is 2.79. The molecule has 0 amide bonds. The molecule has 1 spiro atoms. The van der Waals surface area contributed by atoms with Crippen molar-refractivity contribution in [2.24, 2.45) is 22.2 Å². The Kier molecular flexibility index (Phi) is 5.02. The molecule has 1 heterocycles. The molecule has 0 radical (unpaired) electrons. The molecule has 162 valence electrons. The molecule has 0 aromatic heterocycles. The van der Waals surface area contributed by atoms with Crippen LogP contribution in [0.1, 0.15) is 74.7 Å². The van der Waals surface area contributed by atoms with Crippen molar-refractivity contribution >= 4 is 14.3 Å². The first-order valence-corrected chi connectivity index (χ1v) is 14.0. The predicted octanol–water partition coefficient (Wildman–Crippen LogP) is 5.56. The summed E-state index contributed by atoms with van der Waals surface area (Å²) < 4.78 is 18.7. The fourth-order valence-electron chi connectivity index (χ4n) is 6.20. The minimum atomic E-state index is -1.93. The maximum Gasteiger partial charge on any atom is 0.312 e. The molecule has 1 saturated heterocycles. The van der Waals surface area contributed by atoms with Crippen LogP contribution in [0.5, 0.6) is 0 Å². The molecule has 28 heavy (non-hydrogen) atoms. The van der Waals surface area contributed by atoms with Crippen molar-refractivity contribution in [1.29, 1.82) is 0 Å². The second kappa shape index (κ2) is 6.30. The first kappa shape index (κ1) is 22.3. The summed E-state index contributed by atoms with van der Waals surface area (Å²) in [6.07, 6.45) is 3.16. The van der Waals surface area contributed by atoms with Gasteiger partial charge in [-0.15, -0.1) is 0 Å². The van der Waals surface area contributed by atoms with E-state index in [0.717, 1.165) is 19.3 Å². The van der Waals surface area contributed by atoms with E-state index in [-0.39, 0.29) is 44.9 Å². The van der Waals surface area contributed by atoms with Crippen molar-refractivity contribution in [3.8, 4) is 0 Å². The standard InChI is InChI=1S/C23H42O4Si/c1-11-25-18(24)17-22(8)20(5,6)13-12-16(27-28(9,10)19(2,3)4)21(22,7)14-23(17)15-26-23/h16-17H,11-15H2,1-10H3/t16-,17+,21+,22-,23?/m1/s1. The van der Waals surface area contributed by atoms with E-state index in [9.17, 15) is 4.79 Å². The van der Waals surface area contributed by atoms with E-state index in [1.54, 1.807) is 0 Å². The van der Waals surface area contributed by atoms with Gasteiger partial charge in [-0.2, -0.15) is 0 Å². The Morgan fingerprint density at radius 3 is 2.21 bits per heavy atom. The number of carbonyl (C=O) groups excluding carboxylic acids is 1. The summed E-state index contributed by atoms with van der Waals surface area (Å²) in [5.41, 5.74) is -0.680. The summed E-state index contributed by atoms with van der Waals surface area (Å²) in [6.45, 7) is 23.9. The van der Waals surface area contributed by atoms with Crippen molar-refractivity contribution in [3.63, 3.8) is 0 Å². The summed E-state index contributed by atoms with van der Waals surface area (Å²) in [4.78, 5) is 13.2. The lowest BCUT2D eigenvalue weighted by atomic mass is 9.45. The number of fused-ring (bicyclic) bond motifs is 1. The summed E-state index contributed by atoms with van der Waals surface area (Å²) in [5.74, 6) is -0.293. The first-order chi connectivity index (χ1) is 12.6. The fraction of sp³-hybridized carbons (Fsp3) is 0.957. The lowest BCUT2D eigenvalue weighted by molar-refractivity contribution is -0.181. The van der Waals surface area contributed by atoms with E-state index < -0.39 is 8.32 Å². The van der Waals surface area contributed by atoms with Gasteiger partial charge in [-0.05, 0) is 55.1 Å². The molecule has 3 fully saturated rings. The molecule has 1 unspecified atom stereocenters. The SMILES string of the molecule is CCOC(=O)[C@@H]1C2(CO2)C[C@@]2(C)[C@H](O[Si](C)(C)C(C)(C)C)CCC(C)(C)[C@@]12C. The summed E-state index contributed by atoms with van der Waals surface area (Å²) in [7, 11) is -1.93. The van der Waals surface area contributed by atoms with Crippen LogP contribution < -0.4 is 0 Å². The van der Waals surface area contributed by atoms with E-state index >= 15 is 0 Å². The molecule has 0 aromatic rings. The Hall–Kier alpha value is -0.393. The van der Waals surface area contributed by atoms with Crippen molar-refractivity contribution < 1.29 is 18.7 Å². The molecule has 0 N–H and O–H groups in total. The number of rotatable bonds is 4. The van der Waals surface area contributed by atoms with Gasteiger partial charge in [0.2, 0.25) is 0 Å². The molecule has 0 bridgehead atoms. The van der Waals surface area contributed by atoms with Gasteiger partial charge in [-0.25, -0.2) is 0 Å². The van der Waals surface area contributed by atoms with Crippen molar-refractivity contribution in [1.82, 2.24) is 0 Å². The molecule has 4 nitrogen and oxygen atoms in total. The van der Waals surface area contributed by atoms with Gasteiger partial charge in [-0.3, -0.25) is 4.79 Å². The third-order valence-electron chi connectivity index (χ3n) is 9.38. The summed E-state index contributed by atoms with van der Waals surface area (Å²) in [5, 5.41) is 0.166. The fourth-order valence-corrected chi connectivity index (χ4v) is 7.65. The zero-order valence-electron chi connectivity index (χ0n) is 19.8. The number of hydrogen-bond acceptors (Lipinski definition) is 4. The average molecular weight is 411 g/mol. The average Bonchev–Trinajstić information content (AvgIpc) is 3.23. The van der Waals surface area contributed by atoms with Crippen LogP contribution in [0.3, 0.4) is 0 Å². The van der Waals surface area contributed by atoms with Gasteiger partial charge in [0.15, 0.2) is 8.32 Å². The normalized spacial score (nSPS) is 42.4. The summed E-state index contributed by atoms with van der Waals surface area (Å²) >= 11 is 0. The maximum atomic E-state index is 13.2. The predicted molar refractivity (Wildman–Crippen MR) is 115 cm³/mol. The van der Waals surface area contributed by atoms with Crippen molar-refractivity contribution in [2.75, 3.05) is 13.2 Å². The van der Waals surface area contributed by atoms with Crippen LogP contribution in [0.15, 0.2) is 0 Å². The van der Waals surface area contributed by atoms with Crippen LogP contribution in [0.25, 0.3) is 0 Å². The highest BCUT2D eigenvalue weighted by Crippen LogP contribution is 2.76. The Bertz CT molecular complexity index is 645. The van der Waals surface area contributed by atoms with Crippen LogP contribution in [-0.2, 0) is 18.7 Å². The van der Waals surface area contributed by atoms with Gasteiger partial charge in [-0.1, -0.05) is 48.5 Å². The zero-order chi connectivity index (χ0) is 21.4. The Balaban J connectivity index is 2.06. The number of ether oxygens (including phenoxy) is 2. The molecule has 5 heteroatoms. The molecule has 3 aliphatic rings. The van der Waals surface area contributed by atoms with E-state index in [0.29, 0.717) is 13.2 Å². The number of carbonyl (C=O) groups is 1. The van der Waals surface area contributed by atoms with E-state index in [1.807, 2.05) is 6.92 Å². The number of hydrogen-bond donors (Lipinski definition) is 0. The minimum Gasteiger partial charge on any atom is -0.466 e. The van der Waals surface area contributed by atoms with Gasteiger partial charge < -0.3 is 13.9 Å². The van der Waals surface area contributed by atoms with Gasteiger partial charge in [0.05, 0.1) is 25.2 Å². The van der Waals surface area contributed by atoms with Gasteiger partial charge >= 0.3 is 5.97 Å². The second-order valence-corrected chi connectivity index (χ2v) is 16.9. The van der Waals surface area contributed by atoms with Crippen LogP contribution in [0.4, 0.5) is 0 Å². The number of epoxide rings is 1. The molecule has 2 aliphatic carbocycles. The quantitative estimate of drug-likeness (QED) is 0.346. The highest BCUT2D eigenvalue weighted by atomic mass is 28.4. The zero-order valence-corrected chi connectivity index (χ0v) is 20.8. The van der Waals surface area contributed by atoms with Crippen molar-refractivity contribution in [3.05, 3.63) is 0 Å². The molecular weight excluding hydrogens is 368 g/mol. The molecule has 1 aliphatic heterocycles. The lowest BCUT2D eigenvalue weighted by Crippen LogP contribution is -2.61. The van der Waals surface area contributed by atoms with Gasteiger partial charge in [0.1, 0.15) is 5.60 Å². The lowest BCUT2D eigenvalue weighted by Gasteiger charge is -2.61. The van der Waals surface area contributed by atoms with Gasteiger partial charge in [0.25, 0.3) is 0 Å². The highest BCUT2D eigenvalue weighted by molar-refractivity contribution is 6.74. The van der Waals surface area contributed by atoms with Crippen molar-refractivity contribution in [2.45, 2.75) is 104 Å².